The Bertz CT molecular complexity index is 794. The van der Waals surface area contributed by atoms with Crippen molar-refractivity contribution in [2.75, 3.05) is 19.0 Å². The Morgan fingerprint density at radius 2 is 1.92 bits per heavy atom. The molecule has 0 heterocycles. The summed E-state index contributed by atoms with van der Waals surface area (Å²) in [5.41, 5.74) is -0.0873. The van der Waals surface area contributed by atoms with Crippen molar-refractivity contribution in [1.29, 1.82) is 0 Å². The number of benzene rings is 2. The molecule has 0 unspecified atom stereocenters. The maximum absolute atomic E-state index is 12.9. The van der Waals surface area contributed by atoms with E-state index >= 15 is 0 Å². The third kappa shape index (κ3) is 4.89. The topological polar surface area (TPSA) is 47.6 Å². The van der Waals surface area contributed by atoms with Crippen LogP contribution in [0.1, 0.15) is 28.4 Å². The third-order valence-corrected chi connectivity index (χ3v) is 3.86. The lowest BCUT2D eigenvalue weighted by Gasteiger charge is -2.13. The molecule has 26 heavy (non-hydrogen) atoms. The Hall–Kier alpha value is -2.25. The minimum absolute atomic E-state index is 0.00565. The molecule has 0 spiro atoms. The number of anilines is 1. The molecule has 2 aromatic carbocycles. The fraction of sp³-hybridized carbons (Fsp3) is 0.278. The van der Waals surface area contributed by atoms with Crippen molar-refractivity contribution in [1.82, 2.24) is 0 Å². The van der Waals surface area contributed by atoms with Crippen LogP contribution in [0.15, 0.2) is 36.4 Å². The van der Waals surface area contributed by atoms with Crippen LogP contribution < -0.4 is 10.1 Å². The van der Waals surface area contributed by atoms with Crippen molar-refractivity contribution < 1.29 is 27.4 Å². The van der Waals surface area contributed by atoms with Gasteiger partial charge in [0.1, 0.15) is 5.75 Å². The van der Waals surface area contributed by atoms with Gasteiger partial charge in [-0.25, -0.2) is 0 Å². The number of ether oxygens (including phenoxy) is 2. The Labute approximate surface area is 153 Å². The van der Waals surface area contributed by atoms with Gasteiger partial charge in [0, 0.05) is 23.4 Å². The Morgan fingerprint density at radius 1 is 1.19 bits per heavy atom. The van der Waals surface area contributed by atoms with Crippen LogP contribution in [0.25, 0.3) is 0 Å². The molecule has 2 aromatic rings. The highest BCUT2D eigenvalue weighted by Crippen LogP contribution is 2.36. The monoisotopic (exact) mass is 387 g/mol. The SMILES string of the molecule is CCOCc1cc(C(=O)Nc2ccc(Cl)c(C(F)(F)F)c2)ccc1OC. The van der Waals surface area contributed by atoms with Gasteiger partial charge < -0.3 is 14.8 Å². The van der Waals surface area contributed by atoms with Gasteiger partial charge in [0.25, 0.3) is 5.91 Å². The van der Waals surface area contributed by atoms with E-state index in [1.165, 1.54) is 19.2 Å². The fourth-order valence-electron chi connectivity index (χ4n) is 2.27. The smallest absolute Gasteiger partial charge is 0.417 e. The van der Waals surface area contributed by atoms with Crippen LogP contribution in [0.2, 0.25) is 5.02 Å². The minimum atomic E-state index is -4.61. The van der Waals surface area contributed by atoms with Gasteiger partial charge >= 0.3 is 6.18 Å². The lowest BCUT2D eigenvalue weighted by Crippen LogP contribution is -2.14. The maximum atomic E-state index is 12.9. The molecule has 0 radical (unpaired) electrons. The summed E-state index contributed by atoms with van der Waals surface area (Å²) in [5.74, 6) is 0.00157. The van der Waals surface area contributed by atoms with Crippen molar-refractivity contribution in [3.63, 3.8) is 0 Å². The average Bonchev–Trinajstić information content (AvgIpc) is 2.60. The Balaban J connectivity index is 2.25. The van der Waals surface area contributed by atoms with Crippen molar-refractivity contribution in [2.45, 2.75) is 19.7 Å². The van der Waals surface area contributed by atoms with Crippen LogP contribution in [0.4, 0.5) is 18.9 Å². The summed E-state index contributed by atoms with van der Waals surface area (Å²) >= 11 is 5.58. The molecular formula is C18H17ClF3NO3. The molecule has 1 N–H and O–H groups in total. The zero-order valence-electron chi connectivity index (χ0n) is 14.1. The fourth-order valence-corrected chi connectivity index (χ4v) is 2.49. The van der Waals surface area contributed by atoms with Crippen molar-refractivity contribution in [2.24, 2.45) is 0 Å². The van der Waals surface area contributed by atoms with Gasteiger partial charge in [-0.3, -0.25) is 4.79 Å². The van der Waals surface area contributed by atoms with Gasteiger partial charge in [0.05, 0.1) is 24.3 Å². The molecule has 4 nitrogen and oxygen atoms in total. The van der Waals surface area contributed by atoms with Gasteiger partial charge in [-0.2, -0.15) is 13.2 Å². The van der Waals surface area contributed by atoms with Gasteiger partial charge in [-0.15, -0.1) is 0 Å². The normalized spacial score (nSPS) is 11.3. The second-order valence-electron chi connectivity index (χ2n) is 5.31. The second kappa shape index (κ2) is 8.42. The van der Waals surface area contributed by atoms with Crippen LogP contribution in [0.5, 0.6) is 5.75 Å². The third-order valence-electron chi connectivity index (χ3n) is 3.53. The molecule has 140 valence electrons. The van der Waals surface area contributed by atoms with E-state index in [4.69, 9.17) is 21.1 Å². The number of hydrogen-bond donors (Lipinski definition) is 1. The molecule has 0 aliphatic heterocycles. The molecule has 0 fully saturated rings. The first-order chi connectivity index (χ1) is 12.3. The number of methoxy groups -OCH3 is 1. The molecule has 1 amide bonds. The quantitative estimate of drug-likeness (QED) is 0.745. The summed E-state index contributed by atoms with van der Waals surface area (Å²) in [6.45, 7) is 2.58. The Kier molecular flexibility index (Phi) is 6.50. The molecule has 0 aliphatic carbocycles. The summed E-state index contributed by atoms with van der Waals surface area (Å²) in [6.07, 6.45) is -4.61. The van der Waals surface area contributed by atoms with E-state index in [2.05, 4.69) is 5.32 Å². The van der Waals surface area contributed by atoms with Crippen LogP contribution in [-0.4, -0.2) is 19.6 Å². The molecule has 8 heteroatoms. The zero-order chi connectivity index (χ0) is 19.3. The molecular weight excluding hydrogens is 371 g/mol. The minimum Gasteiger partial charge on any atom is -0.496 e. The molecule has 0 atom stereocenters. The van der Waals surface area contributed by atoms with Crippen molar-refractivity contribution >= 4 is 23.2 Å². The summed E-state index contributed by atoms with van der Waals surface area (Å²) in [5, 5.41) is 2.01. The average molecular weight is 388 g/mol. The summed E-state index contributed by atoms with van der Waals surface area (Å²) in [7, 11) is 1.50. The van der Waals surface area contributed by atoms with E-state index in [1.807, 2.05) is 6.92 Å². The molecule has 0 saturated heterocycles. The van der Waals surface area contributed by atoms with Crippen molar-refractivity contribution in [3.05, 3.63) is 58.1 Å². The highest BCUT2D eigenvalue weighted by atomic mass is 35.5. The maximum Gasteiger partial charge on any atom is 0.417 e. The number of halogens is 4. The molecule has 0 aliphatic rings. The number of carbonyl (C=O) groups is 1. The van der Waals surface area contributed by atoms with E-state index in [0.29, 0.717) is 17.9 Å². The lowest BCUT2D eigenvalue weighted by atomic mass is 10.1. The molecule has 0 bridgehead atoms. The predicted molar refractivity (Wildman–Crippen MR) is 92.7 cm³/mol. The van der Waals surface area contributed by atoms with Crippen LogP contribution in [-0.2, 0) is 17.5 Å². The number of rotatable bonds is 6. The lowest BCUT2D eigenvalue weighted by molar-refractivity contribution is -0.137. The first-order valence-electron chi connectivity index (χ1n) is 7.69. The first kappa shape index (κ1) is 20.1. The van der Waals surface area contributed by atoms with Crippen LogP contribution in [0.3, 0.4) is 0 Å². The van der Waals surface area contributed by atoms with E-state index in [9.17, 15) is 18.0 Å². The number of carbonyl (C=O) groups excluding carboxylic acids is 1. The molecule has 0 saturated carbocycles. The van der Waals surface area contributed by atoms with Gasteiger partial charge in [-0.1, -0.05) is 11.6 Å². The number of hydrogen-bond acceptors (Lipinski definition) is 3. The Morgan fingerprint density at radius 3 is 2.54 bits per heavy atom. The number of alkyl halides is 3. The highest BCUT2D eigenvalue weighted by molar-refractivity contribution is 6.31. The largest absolute Gasteiger partial charge is 0.496 e. The standard InChI is InChI=1S/C18H17ClF3NO3/c1-3-26-10-12-8-11(4-7-16(12)25-2)17(24)23-13-5-6-15(19)14(9-13)18(20,21)22/h4-9H,3,10H2,1-2H3,(H,23,24). The highest BCUT2D eigenvalue weighted by Gasteiger charge is 2.33. The van der Waals surface area contributed by atoms with E-state index in [1.54, 1.807) is 12.1 Å². The van der Waals surface area contributed by atoms with Gasteiger partial charge in [0.15, 0.2) is 0 Å². The predicted octanol–water partition coefficient (Wildman–Crippen LogP) is 5.16. The number of nitrogens with one attached hydrogen (secondary N) is 1. The van der Waals surface area contributed by atoms with Crippen molar-refractivity contribution in [3.8, 4) is 5.75 Å². The molecule has 0 aromatic heterocycles. The summed E-state index contributed by atoms with van der Waals surface area (Å²) in [6, 6.07) is 7.89. The number of amides is 1. The summed E-state index contributed by atoms with van der Waals surface area (Å²) < 4.78 is 49.3. The van der Waals surface area contributed by atoms with E-state index in [0.717, 1.165) is 12.1 Å². The van der Waals surface area contributed by atoms with E-state index in [-0.39, 0.29) is 17.9 Å². The first-order valence-corrected chi connectivity index (χ1v) is 8.06. The van der Waals surface area contributed by atoms with Gasteiger partial charge in [0.2, 0.25) is 0 Å². The van der Waals surface area contributed by atoms with Crippen LogP contribution >= 0.6 is 11.6 Å². The zero-order valence-corrected chi connectivity index (χ0v) is 14.9. The van der Waals surface area contributed by atoms with Crippen LogP contribution in [0, 0.1) is 0 Å². The second-order valence-corrected chi connectivity index (χ2v) is 5.72. The van der Waals surface area contributed by atoms with Gasteiger partial charge in [-0.05, 0) is 43.3 Å². The van der Waals surface area contributed by atoms with E-state index < -0.39 is 22.7 Å². The molecule has 2 rings (SSSR count). The summed E-state index contributed by atoms with van der Waals surface area (Å²) in [4.78, 5) is 12.4.